The summed E-state index contributed by atoms with van der Waals surface area (Å²) in [6.07, 6.45) is 3.46. The second-order valence-electron chi connectivity index (χ2n) is 9.08. The lowest BCUT2D eigenvalue weighted by Crippen LogP contribution is -2.67. The van der Waals surface area contributed by atoms with Crippen LogP contribution in [-0.4, -0.2) is 64.3 Å². The van der Waals surface area contributed by atoms with Crippen molar-refractivity contribution in [2.75, 3.05) is 6.54 Å². The predicted octanol–water partition coefficient (Wildman–Crippen LogP) is 1.30. The number of ether oxygens (including phenoxy) is 3. The minimum Gasteiger partial charge on any atom is -0.507 e. The summed E-state index contributed by atoms with van der Waals surface area (Å²) in [5, 5.41) is 23.1. The number of carbonyl (C=O) groups is 2. The molecular weight excluding hydrogens is 390 g/mol. The molecule has 8 heteroatoms. The van der Waals surface area contributed by atoms with Gasteiger partial charge in [0.1, 0.15) is 29.1 Å². The van der Waals surface area contributed by atoms with Crippen LogP contribution in [-0.2, 0) is 23.8 Å². The van der Waals surface area contributed by atoms with Crippen LogP contribution in [0.2, 0.25) is 0 Å². The van der Waals surface area contributed by atoms with Crippen LogP contribution in [0.1, 0.15) is 34.6 Å². The molecule has 0 radical (unpaired) electrons. The highest BCUT2D eigenvalue weighted by Gasteiger charge is 2.76. The summed E-state index contributed by atoms with van der Waals surface area (Å²) in [7, 11) is 0. The van der Waals surface area contributed by atoms with E-state index in [1.807, 2.05) is 40.7 Å². The monoisotopic (exact) mass is 419 g/mol. The average Bonchev–Trinajstić information content (AvgIpc) is 3.29. The average molecular weight is 419 g/mol. The van der Waals surface area contributed by atoms with Crippen LogP contribution in [0.4, 0.5) is 0 Å². The molecule has 0 aromatic carbocycles. The molecule has 0 aromatic rings. The first-order valence-corrected chi connectivity index (χ1v) is 10.3. The van der Waals surface area contributed by atoms with E-state index in [0.29, 0.717) is 0 Å². The first-order chi connectivity index (χ1) is 14.0. The number of amides is 1. The molecule has 2 bridgehead atoms. The second kappa shape index (κ2) is 7.02. The minimum atomic E-state index is -0.927. The van der Waals surface area contributed by atoms with Crippen molar-refractivity contribution in [2.45, 2.75) is 70.4 Å². The third-order valence-corrected chi connectivity index (χ3v) is 6.88. The molecule has 4 saturated heterocycles. The van der Waals surface area contributed by atoms with Crippen LogP contribution in [0.15, 0.2) is 35.1 Å². The zero-order chi connectivity index (χ0) is 22.0. The smallest absolute Gasteiger partial charge is 0.259 e. The summed E-state index contributed by atoms with van der Waals surface area (Å²) in [5.74, 6) is -2.33. The maximum Gasteiger partial charge on any atom is 0.259 e. The zero-order valence-corrected chi connectivity index (χ0v) is 17.8. The van der Waals surface area contributed by atoms with Crippen LogP contribution in [0, 0.1) is 11.8 Å². The van der Waals surface area contributed by atoms with E-state index >= 15 is 0 Å². The summed E-state index contributed by atoms with van der Waals surface area (Å²) in [6, 6.07) is 0. The molecule has 0 unspecified atom stereocenters. The molecular formula is C22H29NO7. The maximum atomic E-state index is 11.7. The Morgan fingerprint density at radius 3 is 2.57 bits per heavy atom. The van der Waals surface area contributed by atoms with Crippen molar-refractivity contribution in [2.24, 2.45) is 11.8 Å². The van der Waals surface area contributed by atoms with Gasteiger partial charge in [-0.25, -0.2) is 0 Å². The second-order valence-corrected chi connectivity index (χ2v) is 9.08. The van der Waals surface area contributed by atoms with E-state index in [2.05, 4.69) is 5.32 Å². The van der Waals surface area contributed by atoms with Crippen molar-refractivity contribution in [3.63, 3.8) is 0 Å². The summed E-state index contributed by atoms with van der Waals surface area (Å²) >= 11 is 0. The number of carbonyl (C=O) groups excluding carboxylic acids is 2. The molecule has 3 N–H and O–H groups in total. The van der Waals surface area contributed by atoms with Crippen molar-refractivity contribution in [1.29, 1.82) is 0 Å². The SMILES string of the molecule is CC(/C=C/C(O)=C1/C(=O)CNC1=O)=C\[C@@H](C)[C@H]1O[C@@]2(C)O[C@@H]([C@@H]1C)[C@@H](O)[C@@H]1O[C@@]12C. The van der Waals surface area contributed by atoms with Gasteiger partial charge in [0.25, 0.3) is 5.91 Å². The number of nitrogens with one attached hydrogen (secondary N) is 1. The van der Waals surface area contributed by atoms with Crippen molar-refractivity contribution in [1.82, 2.24) is 5.32 Å². The van der Waals surface area contributed by atoms with Crippen molar-refractivity contribution in [3.05, 3.63) is 35.1 Å². The van der Waals surface area contributed by atoms with Gasteiger partial charge in [0.15, 0.2) is 11.6 Å². The molecule has 30 heavy (non-hydrogen) atoms. The zero-order valence-electron chi connectivity index (χ0n) is 17.8. The number of hydrogen-bond donors (Lipinski definition) is 3. The summed E-state index contributed by atoms with van der Waals surface area (Å²) in [6.45, 7) is 9.56. The Hall–Kier alpha value is -2.00. The topological polar surface area (TPSA) is 118 Å². The summed E-state index contributed by atoms with van der Waals surface area (Å²) < 4.78 is 18.2. The molecule has 8 atom stereocenters. The van der Waals surface area contributed by atoms with Gasteiger partial charge in [-0.15, -0.1) is 0 Å². The van der Waals surface area contributed by atoms with Crippen LogP contribution < -0.4 is 5.32 Å². The molecule has 4 rings (SSSR count). The van der Waals surface area contributed by atoms with Crippen LogP contribution in [0.25, 0.3) is 0 Å². The van der Waals surface area contributed by atoms with Crippen LogP contribution >= 0.6 is 0 Å². The lowest BCUT2D eigenvalue weighted by molar-refractivity contribution is -0.373. The lowest BCUT2D eigenvalue weighted by atomic mass is 9.77. The maximum absolute atomic E-state index is 11.7. The Bertz CT molecular complexity index is 859. The molecule has 0 spiro atoms. The molecule has 0 aliphatic carbocycles. The number of hydrogen-bond acceptors (Lipinski definition) is 7. The molecule has 164 valence electrons. The van der Waals surface area contributed by atoms with E-state index in [1.54, 1.807) is 6.08 Å². The molecule has 0 saturated carbocycles. The van der Waals surface area contributed by atoms with Crippen LogP contribution in [0.3, 0.4) is 0 Å². The quantitative estimate of drug-likeness (QED) is 0.207. The fourth-order valence-corrected chi connectivity index (χ4v) is 4.89. The van der Waals surface area contributed by atoms with Crippen molar-refractivity contribution in [3.8, 4) is 0 Å². The van der Waals surface area contributed by atoms with Gasteiger partial charge in [-0.3, -0.25) is 9.59 Å². The van der Waals surface area contributed by atoms with Crippen molar-refractivity contribution >= 4 is 11.7 Å². The Morgan fingerprint density at radius 1 is 1.23 bits per heavy atom. The Kier molecular flexibility index (Phi) is 4.97. The third-order valence-electron chi connectivity index (χ3n) is 6.88. The Morgan fingerprint density at radius 2 is 1.93 bits per heavy atom. The molecule has 4 aliphatic heterocycles. The highest BCUT2D eigenvalue weighted by Crippen LogP contribution is 2.58. The first-order valence-electron chi connectivity index (χ1n) is 10.3. The fourth-order valence-electron chi connectivity index (χ4n) is 4.89. The lowest BCUT2D eigenvalue weighted by Gasteiger charge is -2.53. The Labute approximate surface area is 175 Å². The van der Waals surface area contributed by atoms with Gasteiger partial charge in [0.05, 0.1) is 18.8 Å². The largest absolute Gasteiger partial charge is 0.507 e. The number of allylic oxidation sites excluding steroid dienone is 3. The molecule has 0 aromatic heterocycles. The molecule has 4 aliphatic rings. The van der Waals surface area contributed by atoms with E-state index in [1.165, 1.54) is 6.08 Å². The minimum absolute atomic E-state index is 0.0207. The van der Waals surface area contributed by atoms with Gasteiger partial charge in [0.2, 0.25) is 0 Å². The van der Waals surface area contributed by atoms with Gasteiger partial charge >= 0.3 is 0 Å². The first kappa shape index (κ1) is 21.2. The van der Waals surface area contributed by atoms with E-state index in [4.69, 9.17) is 14.2 Å². The third kappa shape index (κ3) is 3.13. The highest BCUT2D eigenvalue weighted by molar-refractivity contribution is 6.25. The molecule has 4 heterocycles. The van der Waals surface area contributed by atoms with E-state index in [-0.39, 0.29) is 48.0 Å². The number of aliphatic hydroxyl groups excluding tert-OH is 2. The van der Waals surface area contributed by atoms with E-state index in [9.17, 15) is 19.8 Å². The fraction of sp³-hybridized carbons (Fsp3) is 0.636. The normalized spacial score (nSPS) is 45.9. The van der Waals surface area contributed by atoms with Gasteiger partial charge < -0.3 is 29.7 Å². The number of aliphatic hydroxyl groups is 2. The predicted molar refractivity (Wildman–Crippen MR) is 106 cm³/mol. The van der Waals surface area contributed by atoms with Gasteiger partial charge in [-0.1, -0.05) is 31.6 Å². The number of fused-ring (bicyclic) bond motifs is 4. The highest BCUT2D eigenvalue weighted by atomic mass is 16.8. The van der Waals surface area contributed by atoms with Gasteiger partial charge in [-0.2, -0.15) is 0 Å². The standard InChI is InChI=1S/C22H29NO7/c1-10(6-7-13(24)15-14(25)9-23-20(15)27)8-11(2)17-12(3)18-16(26)19-21(4,30-19)22(5,28-17)29-18/h6-8,11-12,16-19,24,26H,9H2,1-5H3,(H,23,27)/b7-6+,10-8+,15-13+/t11-,12-,16-,17-,18+,19+,21+,22+/m1/s1. The number of ketones is 1. The molecule has 8 nitrogen and oxygen atoms in total. The number of rotatable bonds is 4. The number of epoxide rings is 1. The van der Waals surface area contributed by atoms with Gasteiger partial charge in [-0.05, 0) is 26.8 Å². The Balaban J connectivity index is 1.51. The summed E-state index contributed by atoms with van der Waals surface area (Å²) in [5.41, 5.74) is -0.0349. The molecule has 4 fully saturated rings. The van der Waals surface area contributed by atoms with E-state index < -0.39 is 29.2 Å². The molecule has 1 amide bonds. The van der Waals surface area contributed by atoms with Crippen LogP contribution in [0.5, 0.6) is 0 Å². The van der Waals surface area contributed by atoms with Crippen molar-refractivity contribution < 1.29 is 34.0 Å². The van der Waals surface area contributed by atoms with Gasteiger partial charge in [0, 0.05) is 11.8 Å². The number of Topliss-reactive ketones (excluding diaryl/α,β-unsaturated/α-hetero) is 1. The van der Waals surface area contributed by atoms with E-state index in [0.717, 1.165) is 5.57 Å². The summed E-state index contributed by atoms with van der Waals surface area (Å²) in [4.78, 5) is 23.3.